The molecule has 1 aliphatic rings. The largest absolute Gasteiger partial charge is 0.349 e. The summed E-state index contributed by atoms with van der Waals surface area (Å²) < 4.78 is 1.53. The van der Waals surface area contributed by atoms with Crippen molar-refractivity contribution in [2.24, 2.45) is 0 Å². The lowest BCUT2D eigenvalue weighted by Crippen LogP contribution is -2.37. The average molecular weight is 387 g/mol. The molecule has 0 aromatic carbocycles. The summed E-state index contributed by atoms with van der Waals surface area (Å²) in [6, 6.07) is 1.55. The summed E-state index contributed by atoms with van der Waals surface area (Å²) in [7, 11) is 0. The first-order chi connectivity index (χ1) is 11.4. The molecule has 126 valence electrons. The van der Waals surface area contributed by atoms with Crippen molar-refractivity contribution in [2.45, 2.75) is 6.92 Å². The zero-order chi connectivity index (χ0) is 17.4. The number of hydrogen-bond donors (Lipinski definition) is 1. The molecule has 1 N–H and O–H groups in total. The predicted molar refractivity (Wildman–Crippen MR) is 91.8 cm³/mol. The fraction of sp³-hybridized carbons (Fsp3) is 0.286. The second kappa shape index (κ2) is 6.62. The van der Waals surface area contributed by atoms with Gasteiger partial charge >= 0.3 is 0 Å². The first kappa shape index (κ1) is 17.1. The fourth-order valence-corrected chi connectivity index (χ4v) is 3.69. The van der Waals surface area contributed by atoms with E-state index in [0.29, 0.717) is 27.1 Å². The maximum atomic E-state index is 12.4. The minimum absolute atomic E-state index is 0.133. The van der Waals surface area contributed by atoms with Crippen LogP contribution in [0.15, 0.2) is 12.3 Å². The van der Waals surface area contributed by atoms with Gasteiger partial charge in [0.2, 0.25) is 5.91 Å². The van der Waals surface area contributed by atoms with Gasteiger partial charge in [0.15, 0.2) is 5.65 Å². The van der Waals surface area contributed by atoms with Gasteiger partial charge < -0.3 is 5.32 Å². The van der Waals surface area contributed by atoms with Gasteiger partial charge in [-0.2, -0.15) is 0 Å². The SMILES string of the molecule is Cc1nc2c(Cl)cc(Cl)cn2c1C(=O)NCCN1C(=O)CSC1=O. The number of nitrogens with one attached hydrogen (secondary N) is 1. The highest BCUT2D eigenvalue weighted by Gasteiger charge is 2.29. The molecule has 0 saturated carbocycles. The number of thioether (sulfide) groups is 1. The van der Waals surface area contributed by atoms with E-state index in [0.717, 1.165) is 16.7 Å². The number of aryl methyl sites for hydroxylation is 1. The van der Waals surface area contributed by atoms with Crippen molar-refractivity contribution < 1.29 is 14.4 Å². The van der Waals surface area contributed by atoms with E-state index >= 15 is 0 Å². The van der Waals surface area contributed by atoms with Crippen LogP contribution < -0.4 is 5.32 Å². The molecular formula is C14H12Cl2N4O3S. The van der Waals surface area contributed by atoms with E-state index < -0.39 is 0 Å². The number of imidazole rings is 1. The van der Waals surface area contributed by atoms with Gasteiger partial charge in [-0.3, -0.25) is 23.7 Å². The summed E-state index contributed by atoms with van der Waals surface area (Å²) in [6.45, 7) is 1.97. The van der Waals surface area contributed by atoms with Gasteiger partial charge in [0.25, 0.3) is 11.1 Å². The number of halogens is 2. The lowest BCUT2D eigenvalue weighted by molar-refractivity contribution is -0.124. The smallest absolute Gasteiger partial charge is 0.288 e. The van der Waals surface area contributed by atoms with Crippen LogP contribution in [0.2, 0.25) is 10.0 Å². The lowest BCUT2D eigenvalue weighted by atomic mass is 10.3. The van der Waals surface area contributed by atoms with E-state index in [1.807, 2.05) is 0 Å². The normalized spacial score (nSPS) is 14.7. The van der Waals surface area contributed by atoms with Gasteiger partial charge in [0.05, 0.1) is 21.5 Å². The molecule has 10 heteroatoms. The van der Waals surface area contributed by atoms with E-state index in [2.05, 4.69) is 10.3 Å². The number of amides is 3. The van der Waals surface area contributed by atoms with Gasteiger partial charge in [0.1, 0.15) is 5.69 Å². The molecule has 2 aromatic heterocycles. The molecule has 0 radical (unpaired) electrons. The minimum atomic E-state index is -0.384. The number of pyridine rings is 1. The third kappa shape index (κ3) is 3.09. The molecule has 0 aliphatic carbocycles. The van der Waals surface area contributed by atoms with Crippen LogP contribution in [0.3, 0.4) is 0 Å². The molecule has 0 bridgehead atoms. The number of carbonyl (C=O) groups is 3. The Labute approximate surface area is 151 Å². The first-order valence-corrected chi connectivity index (χ1v) is 8.71. The maximum Gasteiger partial charge on any atom is 0.288 e. The topological polar surface area (TPSA) is 83.8 Å². The van der Waals surface area contributed by atoms with Crippen LogP contribution >= 0.6 is 35.0 Å². The van der Waals surface area contributed by atoms with Crippen molar-refractivity contribution in [2.75, 3.05) is 18.8 Å². The molecule has 24 heavy (non-hydrogen) atoms. The summed E-state index contributed by atoms with van der Waals surface area (Å²) in [5, 5.41) is 3.11. The molecule has 3 rings (SSSR count). The van der Waals surface area contributed by atoms with Gasteiger partial charge in [-0.15, -0.1) is 0 Å². The fourth-order valence-electron chi connectivity index (χ4n) is 2.42. The molecule has 0 spiro atoms. The Hall–Kier alpha value is -1.77. The van der Waals surface area contributed by atoms with Crippen LogP contribution in [0.25, 0.3) is 5.65 Å². The number of rotatable bonds is 4. The van der Waals surface area contributed by atoms with Crippen molar-refractivity contribution in [3.63, 3.8) is 0 Å². The Bertz CT molecular complexity index is 851. The molecule has 0 unspecified atom stereocenters. The van der Waals surface area contributed by atoms with Crippen LogP contribution in [0.1, 0.15) is 16.2 Å². The summed E-state index contributed by atoms with van der Waals surface area (Å²) in [5.41, 5.74) is 1.24. The quantitative estimate of drug-likeness (QED) is 0.871. The first-order valence-electron chi connectivity index (χ1n) is 6.97. The molecular weight excluding hydrogens is 375 g/mol. The molecule has 1 fully saturated rings. The summed E-state index contributed by atoms with van der Waals surface area (Å²) in [6.07, 6.45) is 1.56. The number of fused-ring (bicyclic) bond motifs is 1. The van der Waals surface area contributed by atoms with Crippen molar-refractivity contribution >= 4 is 57.7 Å². The Balaban J connectivity index is 1.76. The molecule has 1 saturated heterocycles. The van der Waals surface area contributed by atoms with Gasteiger partial charge in [0, 0.05) is 19.3 Å². The van der Waals surface area contributed by atoms with Crippen molar-refractivity contribution in [3.05, 3.63) is 33.7 Å². The number of aromatic nitrogens is 2. The maximum absolute atomic E-state index is 12.4. The molecule has 2 aromatic rings. The Morgan fingerprint density at radius 1 is 1.42 bits per heavy atom. The zero-order valence-corrected chi connectivity index (χ0v) is 14.8. The summed E-state index contributed by atoms with van der Waals surface area (Å²) in [4.78, 5) is 40.9. The van der Waals surface area contributed by atoms with Gasteiger partial charge in [-0.05, 0) is 13.0 Å². The van der Waals surface area contributed by atoms with E-state index in [1.165, 1.54) is 4.40 Å². The summed E-state index contributed by atoms with van der Waals surface area (Å²) in [5.74, 6) is -0.482. The van der Waals surface area contributed by atoms with Crippen LogP contribution in [0.5, 0.6) is 0 Å². The third-order valence-corrected chi connectivity index (χ3v) is 4.84. The van der Waals surface area contributed by atoms with Crippen LogP contribution in [-0.4, -0.2) is 50.2 Å². The molecule has 7 nitrogen and oxygen atoms in total. The summed E-state index contributed by atoms with van der Waals surface area (Å²) >= 11 is 13.0. The van der Waals surface area contributed by atoms with Crippen LogP contribution in [0, 0.1) is 6.92 Å². The Kier molecular flexibility index (Phi) is 4.71. The van der Waals surface area contributed by atoms with Crippen molar-refractivity contribution in [1.29, 1.82) is 0 Å². The number of hydrogen-bond acceptors (Lipinski definition) is 5. The lowest BCUT2D eigenvalue weighted by Gasteiger charge is -2.13. The highest BCUT2D eigenvalue weighted by molar-refractivity contribution is 8.14. The Morgan fingerprint density at radius 2 is 2.17 bits per heavy atom. The second-order valence-corrected chi connectivity index (χ2v) is 6.87. The van der Waals surface area contributed by atoms with E-state index in [-0.39, 0.29) is 35.9 Å². The highest BCUT2D eigenvalue weighted by Crippen LogP contribution is 2.24. The molecule has 0 atom stereocenters. The van der Waals surface area contributed by atoms with Gasteiger partial charge in [-0.25, -0.2) is 4.98 Å². The monoisotopic (exact) mass is 386 g/mol. The Morgan fingerprint density at radius 3 is 2.83 bits per heavy atom. The van der Waals surface area contributed by atoms with Crippen molar-refractivity contribution in [3.8, 4) is 0 Å². The molecule has 1 aliphatic heterocycles. The zero-order valence-electron chi connectivity index (χ0n) is 12.5. The van der Waals surface area contributed by atoms with Crippen LogP contribution in [0.4, 0.5) is 4.79 Å². The molecule has 3 amide bonds. The average Bonchev–Trinajstić information content (AvgIpc) is 3.00. The number of nitrogens with zero attached hydrogens (tertiary/aromatic N) is 3. The number of carbonyl (C=O) groups excluding carboxylic acids is 3. The predicted octanol–water partition coefficient (Wildman–Crippen LogP) is 2.37. The minimum Gasteiger partial charge on any atom is -0.349 e. The standard InChI is InChI=1S/C14H12Cl2N4O3S/c1-7-11(20-5-8(15)4-9(16)12(20)18-7)13(22)17-2-3-19-10(21)6-24-14(19)23/h4-5H,2-3,6H2,1H3,(H,17,22). The number of imide groups is 1. The van der Waals surface area contributed by atoms with Crippen molar-refractivity contribution in [1.82, 2.24) is 19.6 Å². The van der Waals surface area contributed by atoms with E-state index in [1.54, 1.807) is 19.2 Å². The molecule has 3 heterocycles. The highest BCUT2D eigenvalue weighted by atomic mass is 35.5. The van der Waals surface area contributed by atoms with E-state index in [4.69, 9.17) is 23.2 Å². The third-order valence-electron chi connectivity index (χ3n) is 3.49. The van der Waals surface area contributed by atoms with Gasteiger partial charge in [-0.1, -0.05) is 35.0 Å². The van der Waals surface area contributed by atoms with Crippen LogP contribution in [-0.2, 0) is 4.79 Å². The van der Waals surface area contributed by atoms with E-state index in [9.17, 15) is 14.4 Å². The second-order valence-electron chi connectivity index (χ2n) is 5.10.